The second kappa shape index (κ2) is 7.54. The minimum absolute atomic E-state index is 0.187. The Balaban J connectivity index is 2.28. The van der Waals surface area contributed by atoms with Crippen molar-refractivity contribution in [3.05, 3.63) is 40.7 Å². The van der Waals surface area contributed by atoms with Crippen LogP contribution in [-0.2, 0) is 11.8 Å². The average Bonchev–Trinajstić information content (AvgIpc) is 2.61. The summed E-state index contributed by atoms with van der Waals surface area (Å²) >= 11 is 0. The van der Waals surface area contributed by atoms with E-state index in [2.05, 4.69) is 5.32 Å². The van der Waals surface area contributed by atoms with Crippen LogP contribution in [0.25, 0.3) is 10.9 Å². The summed E-state index contributed by atoms with van der Waals surface area (Å²) in [5, 5.41) is 41.4. The number of fused-ring (bicyclic) bond motifs is 1. The second-order valence-electron chi connectivity index (χ2n) is 5.54. The number of carbonyl (C=O) groups excluding carboxylic acids is 1. The van der Waals surface area contributed by atoms with E-state index in [1.807, 2.05) is 0 Å². The number of rotatable bonds is 7. The molecule has 0 radical (unpaired) electrons. The maximum atomic E-state index is 11.7. The van der Waals surface area contributed by atoms with E-state index in [4.69, 9.17) is 5.11 Å². The van der Waals surface area contributed by atoms with E-state index in [0.717, 1.165) is 5.39 Å². The van der Waals surface area contributed by atoms with Gasteiger partial charge in [0.1, 0.15) is 30.6 Å². The van der Waals surface area contributed by atoms with Gasteiger partial charge in [-0.2, -0.15) is 0 Å². The van der Waals surface area contributed by atoms with Crippen LogP contribution in [0.3, 0.4) is 0 Å². The Labute approximate surface area is 137 Å². The number of hydrogen-bond donors (Lipinski definition) is 5. The lowest BCUT2D eigenvalue weighted by Gasteiger charge is -2.27. The number of nitrogens with zero attached hydrogens (tertiary/aromatic N) is 1. The standard InChI is InChI=1S/C16H20N2O6/c1-18-12-6-10(4-2-9(12)3-5-14(18)22)17-11(7-19)15(23)16(24)13(21)8-20/h2-7,11,13,15-17,20-21,23-24H,8H2,1H3/t11-,13+,15+,16+/m0/s1. The van der Waals surface area contributed by atoms with Crippen LogP contribution in [0.2, 0.25) is 0 Å². The van der Waals surface area contributed by atoms with Gasteiger partial charge < -0.3 is 35.1 Å². The van der Waals surface area contributed by atoms with Crippen LogP contribution in [0.1, 0.15) is 0 Å². The van der Waals surface area contributed by atoms with Crippen LogP contribution >= 0.6 is 0 Å². The lowest BCUT2D eigenvalue weighted by atomic mass is 10.0. The summed E-state index contributed by atoms with van der Waals surface area (Å²) in [6.45, 7) is -0.748. The number of pyridine rings is 1. The fraction of sp³-hybridized carbons (Fsp3) is 0.375. The highest BCUT2D eigenvalue weighted by molar-refractivity contribution is 5.83. The van der Waals surface area contributed by atoms with Crippen molar-refractivity contribution in [2.75, 3.05) is 11.9 Å². The number of anilines is 1. The highest BCUT2D eigenvalue weighted by atomic mass is 16.4. The summed E-state index contributed by atoms with van der Waals surface area (Å²) in [5.74, 6) is 0. The van der Waals surface area contributed by atoms with Gasteiger partial charge in [-0.05, 0) is 23.6 Å². The van der Waals surface area contributed by atoms with Crippen molar-refractivity contribution in [2.45, 2.75) is 24.4 Å². The fourth-order valence-corrected chi connectivity index (χ4v) is 2.40. The van der Waals surface area contributed by atoms with Gasteiger partial charge in [-0.1, -0.05) is 6.07 Å². The molecule has 0 saturated carbocycles. The Morgan fingerprint density at radius 2 is 1.83 bits per heavy atom. The highest BCUT2D eigenvalue weighted by Crippen LogP contribution is 2.19. The Morgan fingerprint density at radius 1 is 1.17 bits per heavy atom. The smallest absolute Gasteiger partial charge is 0.250 e. The van der Waals surface area contributed by atoms with Crippen molar-refractivity contribution in [3.63, 3.8) is 0 Å². The lowest BCUT2D eigenvalue weighted by molar-refractivity contribution is -0.117. The van der Waals surface area contributed by atoms with Gasteiger partial charge in [-0.3, -0.25) is 4.79 Å². The first-order chi connectivity index (χ1) is 11.4. The molecule has 2 rings (SSSR count). The van der Waals surface area contributed by atoms with Crippen molar-refractivity contribution >= 4 is 22.9 Å². The fourth-order valence-electron chi connectivity index (χ4n) is 2.40. The molecule has 0 aliphatic heterocycles. The normalized spacial score (nSPS) is 16.4. The predicted molar refractivity (Wildman–Crippen MR) is 87.8 cm³/mol. The van der Waals surface area contributed by atoms with Gasteiger partial charge >= 0.3 is 0 Å². The maximum absolute atomic E-state index is 11.7. The summed E-state index contributed by atoms with van der Waals surface area (Å²) in [6.07, 6.45) is -4.49. The predicted octanol–water partition coefficient (Wildman–Crippen LogP) is -1.41. The van der Waals surface area contributed by atoms with E-state index in [1.54, 1.807) is 31.3 Å². The number of hydrogen-bond acceptors (Lipinski definition) is 7. The molecule has 0 aliphatic rings. The van der Waals surface area contributed by atoms with E-state index in [-0.39, 0.29) is 5.56 Å². The zero-order chi connectivity index (χ0) is 17.9. The van der Waals surface area contributed by atoms with Gasteiger partial charge in [0.15, 0.2) is 0 Å². The number of aldehydes is 1. The molecule has 0 bridgehead atoms. The molecule has 8 heteroatoms. The van der Waals surface area contributed by atoms with Crippen LogP contribution in [-0.4, -0.2) is 62.2 Å². The van der Waals surface area contributed by atoms with Gasteiger partial charge in [0, 0.05) is 18.8 Å². The third kappa shape index (κ3) is 3.62. The molecule has 2 aromatic rings. The number of aryl methyl sites for hydroxylation is 1. The lowest BCUT2D eigenvalue weighted by Crippen LogP contribution is -2.49. The van der Waals surface area contributed by atoms with E-state index < -0.39 is 31.0 Å². The van der Waals surface area contributed by atoms with Gasteiger partial charge in [-0.25, -0.2) is 0 Å². The van der Waals surface area contributed by atoms with Gasteiger partial charge in [-0.15, -0.1) is 0 Å². The second-order valence-corrected chi connectivity index (χ2v) is 5.54. The topological polar surface area (TPSA) is 132 Å². The zero-order valence-electron chi connectivity index (χ0n) is 13.0. The molecule has 0 fully saturated rings. The Hall–Kier alpha value is -2.26. The Morgan fingerprint density at radius 3 is 2.46 bits per heavy atom. The van der Waals surface area contributed by atoms with Crippen molar-refractivity contribution in [3.8, 4) is 0 Å². The quantitative estimate of drug-likeness (QED) is 0.393. The van der Waals surface area contributed by atoms with E-state index >= 15 is 0 Å². The number of aromatic nitrogens is 1. The van der Waals surface area contributed by atoms with Gasteiger partial charge in [0.05, 0.1) is 12.1 Å². The molecule has 0 aliphatic carbocycles. The monoisotopic (exact) mass is 336 g/mol. The zero-order valence-corrected chi connectivity index (χ0v) is 13.0. The molecule has 1 aromatic carbocycles. The molecule has 24 heavy (non-hydrogen) atoms. The van der Waals surface area contributed by atoms with Crippen LogP contribution < -0.4 is 10.9 Å². The van der Waals surface area contributed by atoms with E-state index in [9.17, 15) is 24.9 Å². The maximum Gasteiger partial charge on any atom is 0.250 e. The number of carbonyl (C=O) groups is 1. The molecule has 8 nitrogen and oxygen atoms in total. The molecule has 0 unspecified atom stereocenters. The minimum atomic E-state index is -1.69. The molecular weight excluding hydrogens is 316 g/mol. The number of aliphatic hydroxyl groups is 4. The molecule has 5 N–H and O–H groups in total. The molecule has 4 atom stereocenters. The summed E-state index contributed by atoms with van der Waals surface area (Å²) < 4.78 is 1.44. The Kier molecular flexibility index (Phi) is 5.68. The number of aliphatic hydroxyl groups excluding tert-OH is 4. The van der Waals surface area contributed by atoms with Gasteiger partial charge in [0.2, 0.25) is 0 Å². The SMILES string of the molecule is Cn1c(=O)ccc2ccc(N[C@@H](C=O)[C@@H](O)[C@H](O)[C@H](O)CO)cc21. The van der Waals surface area contributed by atoms with Crippen molar-refractivity contribution in [1.29, 1.82) is 0 Å². The summed E-state index contributed by atoms with van der Waals surface area (Å²) in [4.78, 5) is 22.9. The Bertz CT molecular complexity index is 775. The van der Waals surface area contributed by atoms with Crippen LogP contribution in [0.5, 0.6) is 0 Å². The number of nitrogens with one attached hydrogen (secondary N) is 1. The summed E-state index contributed by atoms with van der Waals surface area (Å²) in [5.41, 5.74) is 0.890. The van der Waals surface area contributed by atoms with Crippen molar-refractivity contribution in [1.82, 2.24) is 4.57 Å². The van der Waals surface area contributed by atoms with E-state index in [0.29, 0.717) is 17.5 Å². The van der Waals surface area contributed by atoms with E-state index in [1.165, 1.54) is 10.6 Å². The molecule has 0 saturated heterocycles. The van der Waals surface area contributed by atoms with Crippen molar-refractivity contribution in [2.24, 2.45) is 7.05 Å². The van der Waals surface area contributed by atoms with Crippen LogP contribution in [0, 0.1) is 0 Å². The number of benzene rings is 1. The molecule has 1 aromatic heterocycles. The largest absolute Gasteiger partial charge is 0.394 e. The first-order valence-corrected chi connectivity index (χ1v) is 7.35. The van der Waals surface area contributed by atoms with Gasteiger partial charge in [0.25, 0.3) is 5.56 Å². The summed E-state index contributed by atoms with van der Waals surface area (Å²) in [7, 11) is 1.61. The van der Waals surface area contributed by atoms with Crippen LogP contribution in [0.4, 0.5) is 5.69 Å². The molecule has 1 heterocycles. The molecule has 0 spiro atoms. The molecule has 0 amide bonds. The molecular formula is C16H20N2O6. The van der Waals surface area contributed by atoms with Crippen molar-refractivity contribution < 1.29 is 25.2 Å². The highest BCUT2D eigenvalue weighted by Gasteiger charge is 2.31. The first kappa shape index (κ1) is 18.1. The average molecular weight is 336 g/mol. The van der Waals surface area contributed by atoms with Crippen LogP contribution in [0.15, 0.2) is 35.1 Å². The summed E-state index contributed by atoms with van der Waals surface area (Å²) in [6, 6.07) is 6.94. The first-order valence-electron chi connectivity index (χ1n) is 7.35. The molecule has 130 valence electrons. The third-order valence-corrected chi connectivity index (χ3v) is 3.91. The minimum Gasteiger partial charge on any atom is -0.394 e. The third-order valence-electron chi connectivity index (χ3n) is 3.91.